The van der Waals surface area contributed by atoms with Gasteiger partial charge in [-0.3, -0.25) is 9.59 Å². The summed E-state index contributed by atoms with van der Waals surface area (Å²) in [4.78, 5) is 22.4. The maximum Gasteiger partial charge on any atom is 0.323 e. The Bertz CT molecular complexity index is 246. The molecule has 0 saturated heterocycles. The minimum absolute atomic E-state index is 0. The lowest BCUT2D eigenvalue weighted by Gasteiger charge is -2.11. The van der Waals surface area contributed by atoms with Gasteiger partial charge in [-0.1, -0.05) is 21.6 Å². The van der Waals surface area contributed by atoms with Crippen LogP contribution >= 0.6 is 34.0 Å². The molecule has 0 aromatic rings. The Labute approximate surface area is 127 Å². The van der Waals surface area contributed by atoms with E-state index in [1.165, 1.54) is 21.6 Å². The maximum absolute atomic E-state index is 11.2. The average molecular weight is 333 g/mol. The van der Waals surface area contributed by atoms with Crippen LogP contribution in [0.15, 0.2) is 0 Å². The predicted octanol–water partition coefficient (Wildman–Crippen LogP) is 0.570. The van der Waals surface area contributed by atoms with Crippen molar-refractivity contribution < 1.29 is 19.1 Å². The lowest BCUT2D eigenvalue weighted by molar-refractivity contribution is -0.144. The Morgan fingerprint density at radius 1 is 0.947 bits per heavy atom. The van der Waals surface area contributed by atoms with Crippen LogP contribution in [-0.4, -0.2) is 48.7 Å². The second kappa shape index (κ2) is 12.9. The number of nitrogens with two attached hydrogens (primary N) is 2. The summed E-state index contributed by atoms with van der Waals surface area (Å²) in [5.74, 6) is -0.00135. The summed E-state index contributed by atoms with van der Waals surface area (Å²) in [5, 5.41) is 0. The van der Waals surface area contributed by atoms with E-state index in [0.717, 1.165) is 0 Å². The molecule has 0 radical (unpaired) electrons. The number of carbonyl (C=O) groups is 2. The van der Waals surface area contributed by atoms with E-state index >= 15 is 0 Å². The van der Waals surface area contributed by atoms with Crippen molar-refractivity contribution in [3.63, 3.8) is 0 Å². The number of rotatable bonds is 9. The molecule has 6 nitrogen and oxygen atoms in total. The molecule has 0 aromatic carbocycles. The molecule has 0 rings (SSSR count). The topological polar surface area (TPSA) is 105 Å². The Morgan fingerprint density at radius 3 is 1.53 bits per heavy atom. The highest BCUT2D eigenvalue weighted by Gasteiger charge is 2.17. The molecule has 0 aliphatic rings. The van der Waals surface area contributed by atoms with Gasteiger partial charge in [-0.05, 0) is 13.8 Å². The summed E-state index contributed by atoms with van der Waals surface area (Å²) in [5.41, 5.74) is 11.2. The van der Waals surface area contributed by atoms with Gasteiger partial charge in [-0.2, -0.15) is 0 Å². The van der Waals surface area contributed by atoms with Gasteiger partial charge in [0.1, 0.15) is 12.1 Å². The zero-order valence-electron chi connectivity index (χ0n) is 11.0. The molecule has 0 heterocycles. The number of esters is 2. The Hall–Kier alpha value is -0.150. The first-order valence-electron chi connectivity index (χ1n) is 5.61. The number of hydrogen-bond acceptors (Lipinski definition) is 8. The van der Waals surface area contributed by atoms with E-state index in [-0.39, 0.29) is 12.4 Å². The average Bonchev–Trinajstić information content (AvgIpc) is 2.34. The molecular weight excluding hydrogens is 312 g/mol. The van der Waals surface area contributed by atoms with E-state index in [0.29, 0.717) is 24.7 Å². The summed E-state index contributed by atoms with van der Waals surface area (Å²) in [6.45, 7) is 4.09. The molecule has 2 atom stereocenters. The fourth-order valence-corrected chi connectivity index (χ4v) is 3.09. The minimum Gasteiger partial charge on any atom is -0.465 e. The quantitative estimate of drug-likeness (QED) is 0.359. The second-order valence-electron chi connectivity index (χ2n) is 3.29. The Balaban J connectivity index is 0. The highest BCUT2D eigenvalue weighted by molar-refractivity contribution is 8.76. The van der Waals surface area contributed by atoms with E-state index in [4.69, 9.17) is 20.9 Å². The molecule has 19 heavy (non-hydrogen) atoms. The molecule has 0 bridgehead atoms. The molecule has 0 spiro atoms. The van der Waals surface area contributed by atoms with Crippen molar-refractivity contribution in [1.82, 2.24) is 0 Å². The fraction of sp³-hybridized carbons (Fsp3) is 0.800. The molecule has 114 valence electrons. The smallest absolute Gasteiger partial charge is 0.323 e. The first-order chi connectivity index (χ1) is 8.52. The van der Waals surface area contributed by atoms with Crippen molar-refractivity contribution in [2.45, 2.75) is 25.9 Å². The second-order valence-corrected chi connectivity index (χ2v) is 5.84. The van der Waals surface area contributed by atoms with Crippen molar-refractivity contribution in [3.05, 3.63) is 0 Å². The van der Waals surface area contributed by atoms with Crippen molar-refractivity contribution >= 4 is 45.9 Å². The summed E-state index contributed by atoms with van der Waals surface area (Å²) in [6.07, 6.45) is 0. The van der Waals surface area contributed by atoms with Crippen molar-refractivity contribution in [3.8, 4) is 0 Å². The highest BCUT2D eigenvalue weighted by atomic mass is 35.5. The number of ether oxygens (including phenoxy) is 2. The van der Waals surface area contributed by atoms with Gasteiger partial charge in [0.05, 0.1) is 13.2 Å². The van der Waals surface area contributed by atoms with E-state index in [2.05, 4.69) is 0 Å². The molecule has 1 unspecified atom stereocenters. The molecule has 9 heteroatoms. The van der Waals surface area contributed by atoms with Crippen LogP contribution in [0.4, 0.5) is 0 Å². The van der Waals surface area contributed by atoms with E-state index in [9.17, 15) is 9.59 Å². The molecule has 0 amide bonds. The van der Waals surface area contributed by atoms with Crippen LogP contribution in [0.2, 0.25) is 0 Å². The minimum atomic E-state index is -0.652. The van der Waals surface area contributed by atoms with Crippen LogP contribution in [-0.2, 0) is 19.1 Å². The van der Waals surface area contributed by atoms with E-state index in [1.807, 2.05) is 0 Å². The van der Waals surface area contributed by atoms with Crippen LogP contribution in [0.25, 0.3) is 0 Å². The van der Waals surface area contributed by atoms with E-state index < -0.39 is 24.0 Å². The zero-order chi connectivity index (χ0) is 14.0. The van der Waals surface area contributed by atoms with E-state index in [1.54, 1.807) is 13.8 Å². The Morgan fingerprint density at radius 2 is 1.26 bits per heavy atom. The van der Waals surface area contributed by atoms with Gasteiger partial charge < -0.3 is 20.9 Å². The summed E-state index contributed by atoms with van der Waals surface area (Å²) < 4.78 is 9.53. The van der Waals surface area contributed by atoms with Crippen LogP contribution < -0.4 is 11.5 Å². The fourth-order valence-electron chi connectivity index (χ4n) is 0.878. The van der Waals surface area contributed by atoms with Crippen LogP contribution in [0.5, 0.6) is 0 Å². The van der Waals surface area contributed by atoms with Crippen LogP contribution in [0.1, 0.15) is 13.8 Å². The summed E-state index contributed by atoms with van der Waals surface area (Å²) >= 11 is 0. The van der Waals surface area contributed by atoms with Crippen LogP contribution in [0, 0.1) is 0 Å². The molecule has 0 saturated carbocycles. The van der Waals surface area contributed by atoms with Gasteiger partial charge in [0, 0.05) is 11.5 Å². The molecule has 0 aliphatic heterocycles. The molecule has 0 aliphatic carbocycles. The largest absolute Gasteiger partial charge is 0.465 e. The highest BCUT2D eigenvalue weighted by Crippen LogP contribution is 2.22. The number of carbonyl (C=O) groups excluding carboxylic acids is 2. The molecule has 4 N–H and O–H groups in total. The first kappa shape index (κ1) is 21.2. The third kappa shape index (κ3) is 10.3. The van der Waals surface area contributed by atoms with Crippen molar-refractivity contribution in [1.29, 1.82) is 0 Å². The predicted molar refractivity (Wildman–Crippen MR) is 81.4 cm³/mol. The third-order valence-corrected chi connectivity index (χ3v) is 4.23. The first-order valence-corrected chi connectivity index (χ1v) is 8.10. The van der Waals surface area contributed by atoms with Gasteiger partial charge in [-0.15, -0.1) is 12.4 Å². The zero-order valence-corrected chi connectivity index (χ0v) is 13.4. The standard InChI is InChI=1S/C10H20N2O4S2.ClH/c1-3-15-9(13)7(11)5-17-18-6-8(12)10(14)16-4-2;/h7-8H,3-6,11-12H2,1-2H3;1H/t7-,8?;/m0./s1. The molecule has 0 fully saturated rings. The third-order valence-electron chi connectivity index (χ3n) is 1.76. The van der Waals surface area contributed by atoms with Crippen LogP contribution in [0.3, 0.4) is 0 Å². The summed E-state index contributed by atoms with van der Waals surface area (Å²) in [7, 11) is 2.76. The molecule has 0 aromatic heterocycles. The van der Waals surface area contributed by atoms with Gasteiger partial charge in [0.25, 0.3) is 0 Å². The number of hydrogen-bond donors (Lipinski definition) is 2. The van der Waals surface area contributed by atoms with Crippen molar-refractivity contribution in [2.24, 2.45) is 11.5 Å². The van der Waals surface area contributed by atoms with Crippen molar-refractivity contribution in [2.75, 3.05) is 24.7 Å². The SMILES string of the molecule is CCOC(=O)C(N)CSSC[C@H](N)C(=O)OCC.Cl. The van der Waals surface area contributed by atoms with Gasteiger partial charge in [0.15, 0.2) is 0 Å². The van der Waals surface area contributed by atoms with Gasteiger partial charge >= 0.3 is 11.9 Å². The van der Waals surface area contributed by atoms with Gasteiger partial charge in [0.2, 0.25) is 0 Å². The Kier molecular flexibility index (Phi) is 14.3. The maximum atomic E-state index is 11.2. The normalized spacial score (nSPS) is 13.1. The molecular formula is C10H21ClN2O4S2. The lowest BCUT2D eigenvalue weighted by atomic mass is 10.4. The number of halogens is 1. The van der Waals surface area contributed by atoms with Gasteiger partial charge in [-0.25, -0.2) is 0 Å². The lowest BCUT2D eigenvalue weighted by Crippen LogP contribution is -2.35. The summed E-state index contributed by atoms with van der Waals surface area (Å²) in [6, 6.07) is -1.30. The monoisotopic (exact) mass is 332 g/mol.